The van der Waals surface area contributed by atoms with Crippen LogP contribution in [0.3, 0.4) is 0 Å². The van der Waals surface area contributed by atoms with Gasteiger partial charge < -0.3 is 23.8 Å². The number of carbonyl (C=O) groups excluding carboxylic acids is 1. The Morgan fingerprint density at radius 3 is 2.47 bits per heavy atom. The van der Waals surface area contributed by atoms with Gasteiger partial charge in [0, 0.05) is 37.8 Å². The van der Waals surface area contributed by atoms with E-state index in [2.05, 4.69) is 9.62 Å². The molecule has 34 heavy (non-hydrogen) atoms. The lowest BCUT2D eigenvalue weighted by atomic mass is 10.2. The van der Waals surface area contributed by atoms with Crippen LogP contribution in [0.5, 0.6) is 11.5 Å². The number of ether oxygens (including phenoxy) is 2. The summed E-state index contributed by atoms with van der Waals surface area (Å²) in [6, 6.07) is 22.2. The molecule has 1 heterocycles. The van der Waals surface area contributed by atoms with Crippen molar-refractivity contribution in [3.63, 3.8) is 0 Å². The lowest BCUT2D eigenvalue weighted by molar-refractivity contribution is 0.0767. The van der Waals surface area contributed by atoms with Crippen molar-refractivity contribution in [1.29, 1.82) is 0 Å². The summed E-state index contributed by atoms with van der Waals surface area (Å²) >= 11 is -1.50. The molecule has 0 radical (unpaired) electrons. The molecule has 0 aromatic heterocycles. The number of carbonyl (C=O) groups is 1. The molecular formula is C26H29N3O4S. The summed E-state index contributed by atoms with van der Waals surface area (Å²) in [5.74, 6) is 1.51. The van der Waals surface area contributed by atoms with Crippen LogP contribution in [0.15, 0.2) is 77.7 Å². The molecule has 0 spiro atoms. The van der Waals surface area contributed by atoms with Gasteiger partial charge in [-0.15, -0.1) is 0 Å². The third kappa shape index (κ3) is 5.58. The van der Waals surface area contributed by atoms with E-state index < -0.39 is 11.4 Å². The summed E-state index contributed by atoms with van der Waals surface area (Å²) in [4.78, 5) is 17.9. The van der Waals surface area contributed by atoms with Crippen LogP contribution in [0.2, 0.25) is 0 Å². The minimum Gasteiger partial charge on any atom is -0.588 e. The smallest absolute Gasteiger partial charge is 0.254 e. The number of hydrogen-bond acceptors (Lipinski definition) is 6. The Kier molecular flexibility index (Phi) is 7.82. The fraction of sp³-hybridized carbons (Fsp3) is 0.269. The van der Waals surface area contributed by atoms with Gasteiger partial charge in [0.25, 0.3) is 5.91 Å². The molecule has 0 saturated carbocycles. The molecule has 178 valence electrons. The lowest BCUT2D eigenvalue weighted by Crippen LogP contribution is -2.35. The van der Waals surface area contributed by atoms with Gasteiger partial charge >= 0.3 is 0 Å². The average Bonchev–Trinajstić information content (AvgIpc) is 3.15. The molecule has 1 fully saturated rings. The fourth-order valence-corrected chi connectivity index (χ4v) is 4.91. The SMILES string of the molecule is COc1ccc(N[S+]([O-])c2cccc(C(=O)N3CCCN(c4ccccc4OC)CC3)c2)cc1. The first-order chi connectivity index (χ1) is 16.6. The van der Waals surface area contributed by atoms with Crippen LogP contribution in [0, 0.1) is 0 Å². The Balaban J connectivity index is 1.42. The molecule has 1 unspecified atom stereocenters. The molecule has 8 heteroatoms. The largest absolute Gasteiger partial charge is 0.588 e. The van der Waals surface area contributed by atoms with E-state index in [1.807, 2.05) is 29.2 Å². The third-order valence-corrected chi connectivity index (χ3v) is 6.91. The zero-order chi connectivity index (χ0) is 23.9. The molecule has 0 aliphatic carbocycles. The molecule has 7 nitrogen and oxygen atoms in total. The number of nitrogens with zero attached hydrogens (tertiary/aromatic N) is 2. The van der Waals surface area contributed by atoms with Gasteiger partial charge in [0.1, 0.15) is 22.9 Å². The number of rotatable bonds is 7. The average molecular weight is 480 g/mol. The van der Waals surface area contributed by atoms with Crippen molar-refractivity contribution in [3.05, 3.63) is 78.4 Å². The van der Waals surface area contributed by atoms with Gasteiger partial charge in [-0.3, -0.25) is 4.79 Å². The molecule has 1 amide bonds. The highest BCUT2D eigenvalue weighted by Gasteiger charge is 2.23. The van der Waals surface area contributed by atoms with E-state index in [1.165, 1.54) is 0 Å². The van der Waals surface area contributed by atoms with E-state index >= 15 is 0 Å². The van der Waals surface area contributed by atoms with Crippen molar-refractivity contribution < 1.29 is 18.8 Å². The highest BCUT2D eigenvalue weighted by atomic mass is 32.2. The molecule has 1 aliphatic rings. The molecule has 3 aromatic carbocycles. The van der Waals surface area contributed by atoms with Gasteiger partial charge in [-0.05, 0) is 55.0 Å². The quantitative estimate of drug-likeness (QED) is 0.512. The van der Waals surface area contributed by atoms with Crippen LogP contribution in [0.1, 0.15) is 16.8 Å². The second-order valence-corrected chi connectivity index (χ2v) is 9.14. The Morgan fingerprint density at radius 1 is 0.912 bits per heavy atom. The molecule has 1 N–H and O–H groups in total. The highest BCUT2D eigenvalue weighted by Crippen LogP contribution is 2.28. The van der Waals surface area contributed by atoms with Crippen molar-refractivity contribution >= 4 is 28.6 Å². The molecule has 1 aliphatic heterocycles. The molecule has 1 atom stereocenters. The van der Waals surface area contributed by atoms with Gasteiger partial charge in [-0.1, -0.05) is 18.2 Å². The van der Waals surface area contributed by atoms with Crippen molar-refractivity contribution in [2.75, 3.05) is 50.0 Å². The second kappa shape index (κ2) is 11.2. The number of nitrogens with one attached hydrogen (secondary N) is 1. The molecular weight excluding hydrogens is 450 g/mol. The van der Waals surface area contributed by atoms with Crippen LogP contribution in [0.4, 0.5) is 11.4 Å². The fourth-order valence-electron chi connectivity index (χ4n) is 4.00. The van der Waals surface area contributed by atoms with E-state index in [0.29, 0.717) is 29.2 Å². The normalized spacial score (nSPS) is 14.8. The van der Waals surface area contributed by atoms with Crippen molar-refractivity contribution in [2.24, 2.45) is 0 Å². The van der Waals surface area contributed by atoms with Gasteiger partial charge in [-0.2, -0.15) is 0 Å². The second-order valence-electron chi connectivity index (χ2n) is 7.93. The first-order valence-corrected chi connectivity index (χ1v) is 12.3. The minimum absolute atomic E-state index is 0.0508. The number of amides is 1. The number of benzene rings is 3. The number of methoxy groups -OCH3 is 2. The Morgan fingerprint density at radius 2 is 1.71 bits per heavy atom. The Bertz CT molecular complexity index is 1110. The van der Waals surface area contributed by atoms with E-state index in [1.54, 1.807) is 62.8 Å². The molecule has 3 aromatic rings. The summed E-state index contributed by atoms with van der Waals surface area (Å²) in [5, 5.41) is 0. The topological polar surface area (TPSA) is 77.1 Å². The monoisotopic (exact) mass is 479 g/mol. The van der Waals surface area contributed by atoms with Crippen LogP contribution in [0.25, 0.3) is 0 Å². The number of anilines is 2. The maximum atomic E-state index is 13.3. The Labute approximate surface area is 203 Å². The zero-order valence-electron chi connectivity index (χ0n) is 19.4. The van der Waals surface area contributed by atoms with Gasteiger partial charge in [0.15, 0.2) is 4.90 Å². The summed E-state index contributed by atoms with van der Waals surface area (Å²) in [6.45, 7) is 2.84. The van der Waals surface area contributed by atoms with Crippen molar-refractivity contribution in [2.45, 2.75) is 11.3 Å². The zero-order valence-corrected chi connectivity index (χ0v) is 20.2. The minimum atomic E-state index is -1.50. The summed E-state index contributed by atoms with van der Waals surface area (Å²) in [5.41, 5.74) is 2.29. The first kappa shape index (κ1) is 23.8. The molecule has 0 bridgehead atoms. The van der Waals surface area contributed by atoms with Gasteiger partial charge in [-0.25, -0.2) is 4.72 Å². The Hall–Kier alpha value is -3.36. The van der Waals surface area contributed by atoms with E-state index in [9.17, 15) is 9.35 Å². The maximum Gasteiger partial charge on any atom is 0.254 e. The van der Waals surface area contributed by atoms with Crippen LogP contribution >= 0.6 is 0 Å². The number of hydrogen-bond donors (Lipinski definition) is 1. The summed E-state index contributed by atoms with van der Waals surface area (Å²) < 4.78 is 26.5. The predicted octanol–water partition coefficient (Wildman–Crippen LogP) is 4.19. The van der Waals surface area contributed by atoms with E-state index in [4.69, 9.17) is 9.47 Å². The van der Waals surface area contributed by atoms with Crippen LogP contribution in [-0.4, -0.2) is 55.8 Å². The maximum absolute atomic E-state index is 13.3. The van der Waals surface area contributed by atoms with Crippen molar-refractivity contribution in [3.8, 4) is 11.5 Å². The highest BCUT2D eigenvalue weighted by molar-refractivity contribution is 7.92. The van der Waals surface area contributed by atoms with E-state index in [-0.39, 0.29) is 5.91 Å². The van der Waals surface area contributed by atoms with E-state index in [0.717, 1.165) is 36.7 Å². The van der Waals surface area contributed by atoms with Gasteiger partial charge in [0.05, 0.1) is 25.6 Å². The van der Waals surface area contributed by atoms with Crippen molar-refractivity contribution in [1.82, 2.24) is 4.90 Å². The third-order valence-electron chi connectivity index (χ3n) is 5.80. The standard InChI is InChI=1S/C26H29N3O4S/c1-32-22-13-11-21(12-14-22)27-34(31)23-8-5-7-20(19-23)26(30)29-16-6-15-28(17-18-29)24-9-3-4-10-25(24)33-2/h3-5,7-14,19,27H,6,15-18H2,1-2H3. The van der Waals surface area contributed by atoms with Gasteiger partial charge in [0.2, 0.25) is 0 Å². The first-order valence-electron chi connectivity index (χ1n) is 11.2. The summed E-state index contributed by atoms with van der Waals surface area (Å²) in [6.07, 6.45) is 0.856. The predicted molar refractivity (Wildman–Crippen MR) is 135 cm³/mol. The number of para-hydroxylation sites is 2. The molecule has 1 saturated heterocycles. The summed E-state index contributed by atoms with van der Waals surface area (Å²) in [7, 11) is 3.27. The van der Waals surface area contributed by atoms with Crippen LogP contribution in [-0.2, 0) is 11.4 Å². The van der Waals surface area contributed by atoms with Crippen LogP contribution < -0.4 is 19.1 Å². The molecule has 4 rings (SSSR count). The lowest BCUT2D eigenvalue weighted by Gasteiger charge is -2.25.